The van der Waals surface area contributed by atoms with E-state index >= 15 is 0 Å². The molecule has 1 aliphatic carbocycles. The Morgan fingerprint density at radius 3 is 2.13 bits per heavy atom. The fourth-order valence-electron chi connectivity index (χ4n) is 13.2. The van der Waals surface area contributed by atoms with Crippen molar-refractivity contribution in [1.82, 2.24) is 0 Å². The van der Waals surface area contributed by atoms with E-state index in [-0.39, 0.29) is 23.1 Å². The lowest BCUT2D eigenvalue weighted by molar-refractivity contribution is 0.195. The van der Waals surface area contributed by atoms with Gasteiger partial charge in [-0.1, -0.05) is 119 Å². The number of nitrogens with zero attached hydrogens (tertiary/aromatic N) is 3. The highest BCUT2D eigenvalue weighted by molar-refractivity contribution is 7.25. The van der Waals surface area contributed by atoms with Crippen LogP contribution in [0.4, 0.5) is 45.5 Å². The number of thiophene rings is 1. The van der Waals surface area contributed by atoms with Crippen molar-refractivity contribution < 1.29 is 4.42 Å². The van der Waals surface area contributed by atoms with E-state index in [4.69, 9.17) is 4.42 Å². The van der Waals surface area contributed by atoms with Crippen molar-refractivity contribution >= 4 is 122 Å². The number of furan rings is 1. The largest absolute Gasteiger partial charge is 0.456 e. The summed E-state index contributed by atoms with van der Waals surface area (Å²) in [6.45, 7) is 14.4. The first kappa shape index (κ1) is 39.4. The first-order chi connectivity index (χ1) is 32.5. The third-order valence-corrected chi connectivity index (χ3v) is 17.7. The van der Waals surface area contributed by atoms with Gasteiger partial charge in [0.25, 0.3) is 6.71 Å². The third kappa shape index (κ3) is 5.31. The zero-order valence-corrected chi connectivity index (χ0v) is 39.9. The van der Waals surface area contributed by atoms with Gasteiger partial charge in [-0.3, -0.25) is 0 Å². The van der Waals surface area contributed by atoms with Crippen LogP contribution < -0.4 is 31.1 Å². The van der Waals surface area contributed by atoms with E-state index in [0.29, 0.717) is 0 Å². The van der Waals surface area contributed by atoms with Gasteiger partial charge in [0.1, 0.15) is 11.2 Å². The molecule has 3 aliphatic heterocycles. The van der Waals surface area contributed by atoms with Crippen molar-refractivity contribution in [1.29, 1.82) is 0 Å². The number of fused-ring (bicyclic) bond motifs is 13. The lowest BCUT2D eigenvalue weighted by atomic mass is 9.33. The lowest BCUT2D eigenvalue weighted by Crippen LogP contribution is -2.61. The fraction of sp³-hybridized carbons (Fsp3) is 0.213. The lowest BCUT2D eigenvalue weighted by Gasteiger charge is -2.50. The molecule has 0 radical (unpaired) electrons. The predicted molar refractivity (Wildman–Crippen MR) is 287 cm³/mol. The first-order valence-electron chi connectivity index (χ1n) is 24.2. The zero-order chi connectivity index (χ0) is 45.1. The summed E-state index contributed by atoms with van der Waals surface area (Å²) in [6, 6.07) is 60.2. The Morgan fingerprint density at radius 2 is 1.27 bits per heavy atom. The Bertz CT molecular complexity index is 3750. The van der Waals surface area contributed by atoms with Crippen molar-refractivity contribution in [3.05, 3.63) is 174 Å². The summed E-state index contributed by atoms with van der Waals surface area (Å²) >= 11 is 1.88. The standard InChI is InChI=1S/C61H52BN3OS/c1-37-32-51-58-52(33-37)64(49-20-15-22-54-57(49)42-17-7-11-21-53(42)66-54)48-28-24-38(59(2,3)4)34-46(48)62(58)45-27-25-40(65-47-19-10-9-18-44(47)60(5)30-13-14-31-61(60,65)6)36-50(45)63(51)39-26-29-56-43(35-39)41-16-8-12-23-55(41)67-56/h7-12,15-29,32-36H,13-14,30-31H2,1-6H3. The quantitative estimate of drug-likeness (QED) is 0.165. The highest BCUT2D eigenvalue weighted by atomic mass is 32.1. The second-order valence-corrected chi connectivity index (χ2v) is 22.4. The van der Waals surface area contributed by atoms with E-state index in [1.165, 1.54) is 112 Å². The number of para-hydroxylation sites is 2. The molecule has 14 rings (SSSR count). The van der Waals surface area contributed by atoms with E-state index in [1.54, 1.807) is 0 Å². The van der Waals surface area contributed by atoms with Crippen molar-refractivity contribution in [3.63, 3.8) is 0 Å². The summed E-state index contributed by atoms with van der Waals surface area (Å²) in [7, 11) is 0. The van der Waals surface area contributed by atoms with Crippen LogP contribution in [0, 0.1) is 6.92 Å². The molecule has 5 heterocycles. The van der Waals surface area contributed by atoms with Crippen LogP contribution in [0.3, 0.4) is 0 Å². The minimum absolute atomic E-state index is 0.00754. The van der Waals surface area contributed by atoms with Crippen molar-refractivity contribution in [2.24, 2.45) is 0 Å². The van der Waals surface area contributed by atoms with Gasteiger partial charge in [0.05, 0.1) is 16.6 Å². The number of benzene rings is 8. The highest BCUT2D eigenvalue weighted by Crippen LogP contribution is 2.61. The smallest absolute Gasteiger partial charge is 0.252 e. The summed E-state index contributed by atoms with van der Waals surface area (Å²) in [5, 5.41) is 4.89. The molecular formula is C61H52BN3OS. The molecule has 4 aliphatic rings. The molecule has 2 unspecified atom stereocenters. The Labute approximate surface area is 397 Å². The number of aryl methyl sites for hydroxylation is 1. The molecule has 4 nitrogen and oxygen atoms in total. The number of hydrogen-bond donors (Lipinski definition) is 0. The van der Waals surface area contributed by atoms with Crippen molar-refractivity contribution in [3.8, 4) is 0 Å². The summed E-state index contributed by atoms with van der Waals surface area (Å²) < 4.78 is 9.22. The zero-order valence-electron chi connectivity index (χ0n) is 39.1. The van der Waals surface area contributed by atoms with Crippen LogP contribution in [0.5, 0.6) is 0 Å². The Kier molecular flexibility index (Phi) is 8.04. The normalized spacial score (nSPS) is 19.6. The molecule has 0 saturated heterocycles. The van der Waals surface area contributed by atoms with E-state index in [0.717, 1.165) is 34.0 Å². The molecular weight excluding hydrogens is 834 g/mol. The van der Waals surface area contributed by atoms with Gasteiger partial charge < -0.3 is 19.1 Å². The molecule has 6 heteroatoms. The summed E-state index contributed by atoms with van der Waals surface area (Å²) in [6.07, 6.45) is 4.87. The van der Waals surface area contributed by atoms with Crippen molar-refractivity contribution in [2.75, 3.05) is 14.7 Å². The molecule has 1 fully saturated rings. The van der Waals surface area contributed by atoms with Gasteiger partial charge in [0.15, 0.2) is 0 Å². The maximum atomic E-state index is 6.59. The van der Waals surface area contributed by atoms with Crippen molar-refractivity contribution in [2.45, 2.75) is 83.6 Å². The second kappa shape index (κ2) is 13.7. The van der Waals surface area contributed by atoms with Gasteiger partial charge in [-0.2, -0.15) is 0 Å². The second-order valence-electron chi connectivity index (χ2n) is 21.3. The Hall–Kier alpha value is -6.76. The van der Waals surface area contributed by atoms with Crippen LogP contribution in [-0.2, 0) is 10.8 Å². The highest BCUT2D eigenvalue weighted by Gasteiger charge is 2.58. The van der Waals surface area contributed by atoms with Crippen LogP contribution >= 0.6 is 11.3 Å². The Balaban J connectivity index is 1.08. The summed E-state index contributed by atoms with van der Waals surface area (Å²) in [5.74, 6) is 0. The molecule has 0 bridgehead atoms. The minimum Gasteiger partial charge on any atom is -0.456 e. The summed E-state index contributed by atoms with van der Waals surface area (Å²) in [5.41, 5.74) is 19.7. The number of rotatable bonds is 3. The van der Waals surface area contributed by atoms with Crippen LogP contribution in [-0.4, -0.2) is 12.3 Å². The van der Waals surface area contributed by atoms with Gasteiger partial charge >= 0.3 is 0 Å². The average Bonchev–Trinajstić information content (AvgIpc) is 3.96. The van der Waals surface area contributed by atoms with Gasteiger partial charge in [-0.05, 0) is 144 Å². The third-order valence-electron chi connectivity index (χ3n) is 16.6. The molecule has 1 saturated carbocycles. The van der Waals surface area contributed by atoms with E-state index in [2.05, 4.69) is 214 Å². The van der Waals surface area contributed by atoms with E-state index in [1.807, 2.05) is 11.3 Å². The maximum Gasteiger partial charge on any atom is 0.252 e. The van der Waals surface area contributed by atoms with Gasteiger partial charge in [-0.15, -0.1) is 11.3 Å². The number of anilines is 8. The predicted octanol–water partition coefficient (Wildman–Crippen LogP) is 15.4. The van der Waals surface area contributed by atoms with Crippen LogP contribution in [0.25, 0.3) is 42.1 Å². The van der Waals surface area contributed by atoms with Gasteiger partial charge in [0, 0.05) is 70.8 Å². The van der Waals surface area contributed by atoms with Crippen LogP contribution in [0.15, 0.2) is 162 Å². The van der Waals surface area contributed by atoms with Gasteiger partial charge in [-0.25, -0.2) is 0 Å². The number of hydrogen-bond acceptors (Lipinski definition) is 5. The molecule has 2 atom stereocenters. The Morgan fingerprint density at radius 1 is 0.552 bits per heavy atom. The minimum atomic E-state index is -0.0589. The first-order valence-corrected chi connectivity index (χ1v) is 25.1. The van der Waals surface area contributed by atoms with E-state index in [9.17, 15) is 0 Å². The average molecular weight is 886 g/mol. The molecule has 0 amide bonds. The van der Waals surface area contributed by atoms with Crippen LogP contribution in [0.1, 0.15) is 77.0 Å². The molecule has 326 valence electrons. The molecule has 2 aromatic heterocycles. The molecule has 0 spiro atoms. The van der Waals surface area contributed by atoms with Gasteiger partial charge in [0.2, 0.25) is 0 Å². The molecule has 10 aromatic rings. The monoisotopic (exact) mass is 885 g/mol. The topological polar surface area (TPSA) is 22.9 Å². The molecule has 0 N–H and O–H groups in total. The summed E-state index contributed by atoms with van der Waals surface area (Å²) in [4.78, 5) is 7.94. The molecule has 8 aromatic carbocycles. The fourth-order valence-corrected chi connectivity index (χ4v) is 14.2. The van der Waals surface area contributed by atoms with Crippen LogP contribution in [0.2, 0.25) is 0 Å². The van der Waals surface area contributed by atoms with E-state index < -0.39 is 0 Å². The molecule has 67 heavy (non-hydrogen) atoms. The SMILES string of the molecule is Cc1cc2c3c(c1)N(c1cccc4oc5ccccc5c14)c1ccc(C(C)(C)C)cc1B3c1ccc(N3c4ccccc4C4(C)CCCCC34C)cc1N2c1ccc2sc3ccccc3c2c1. The maximum absolute atomic E-state index is 6.59.